The molecule has 7 nitrogen and oxygen atoms in total. The van der Waals surface area contributed by atoms with Crippen LogP contribution >= 0.6 is 0 Å². The van der Waals surface area contributed by atoms with Gasteiger partial charge < -0.3 is 33.9 Å². The number of rotatable bonds is 4. The maximum absolute atomic E-state index is 10.9. The van der Waals surface area contributed by atoms with E-state index in [0.29, 0.717) is 29.6 Å². The smallest absolute Gasteiger partial charge is 0.231 e. The summed E-state index contributed by atoms with van der Waals surface area (Å²) in [7, 11) is 0. The normalized spacial score (nSPS) is 26.4. The predicted octanol–water partition coefficient (Wildman–Crippen LogP) is 2.17. The Labute approximate surface area is 156 Å². The lowest BCUT2D eigenvalue weighted by atomic mass is 9.82. The van der Waals surface area contributed by atoms with Crippen LogP contribution in [0.4, 0.5) is 0 Å². The number of hydrogen-bond acceptors (Lipinski definition) is 7. The lowest BCUT2D eigenvalue weighted by Gasteiger charge is -2.25. The lowest BCUT2D eigenvalue weighted by Crippen LogP contribution is -2.25. The Morgan fingerprint density at radius 1 is 0.889 bits per heavy atom. The Morgan fingerprint density at radius 3 is 2.30 bits per heavy atom. The van der Waals surface area contributed by atoms with Gasteiger partial charge in [0.1, 0.15) is 0 Å². The summed E-state index contributed by atoms with van der Waals surface area (Å²) < 4.78 is 27.5. The maximum atomic E-state index is 10.9. The molecule has 3 aliphatic heterocycles. The summed E-state index contributed by atoms with van der Waals surface area (Å²) in [5.74, 6) is 2.18. The highest BCUT2D eigenvalue weighted by molar-refractivity contribution is 5.46. The Balaban J connectivity index is 1.39. The molecule has 2 N–H and O–H groups in total. The Hall–Kier alpha value is -2.48. The zero-order valence-corrected chi connectivity index (χ0v) is 14.5. The summed E-state index contributed by atoms with van der Waals surface area (Å²) in [6.45, 7) is 0.650. The van der Waals surface area contributed by atoms with Gasteiger partial charge in [-0.3, -0.25) is 0 Å². The average molecular weight is 372 g/mol. The summed E-state index contributed by atoms with van der Waals surface area (Å²) >= 11 is 0. The van der Waals surface area contributed by atoms with Gasteiger partial charge in [-0.25, -0.2) is 0 Å². The molecule has 27 heavy (non-hydrogen) atoms. The van der Waals surface area contributed by atoms with E-state index < -0.39 is 6.10 Å². The van der Waals surface area contributed by atoms with E-state index in [4.69, 9.17) is 23.7 Å². The van der Waals surface area contributed by atoms with E-state index >= 15 is 0 Å². The Morgan fingerprint density at radius 2 is 1.56 bits per heavy atom. The van der Waals surface area contributed by atoms with Gasteiger partial charge in [0.2, 0.25) is 13.6 Å². The maximum Gasteiger partial charge on any atom is 0.231 e. The van der Waals surface area contributed by atoms with Crippen LogP contribution in [0.15, 0.2) is 36.4 Å². The van der Waals surface area contributed by atoms with E-state index in [0.717, 1.165) is 11.1 Å². The molecule has 0 bridgehead atoms. The minimum absolute atomic E-state index is 0.0919. The molecule has 3 heterocycles. The fraction of sp³-hybridized carbons (Fsp3) is 0.400. The first kappa shape index (κ1) is 16.7. The largest absolute Gasteiger partial charge is 0.454 e. The Bertz CT molecular complexity index is 852. The molecule has 7 heteroatoms. The molecule has 5 rings (SSSR count). The van der Waals surface area contributed by atoms with Crippen molar-refractivity contribution in [1.82, 2.24) is 0 Å². The van der Waals surface area contributed by atoms with Crippen LogP contribution in [0.1, 0.15) is 23.3 Å². The van der Waals surface area contributed by atoms with Crippen LogP contribution in [-0.4, -0.2) is 37.0 Å². The molecular weight excluding hydrogens is 352 g/mol. The van der Waals surface area contributed by atoms with Gasteiger partial charge >= 0.3 is 0 Å². The Kier molecular flexibility index (Phi) is 4.07. The third-order valence-electron chi connectivity index (χ3n) is 5.49. The summed E-state index contributed by atoms with van der Waals surface area (Å²) in [6, 6.07) is 11.0. The minimum Gasteiger partial charge on any atom is -0.454 e. The molecule has 3 aliphatic rings. The van der Waals surface area contributed by atoms with Gasteiger partial charge in [-0.2, -0.15) is 0 Å². The van der Waals surface area contributed by atoms with Crippen LogP contribution in [0.5, 0.6) is 23.0 Å². The van der Waals surface area contributed by atoms with Crippen LogP contribution in [0.25, 0.3) is 0 Å². The molecule has 2 aromatic carbocycles. The number of ether oxygens (including phenoxy) is 5. The number of benzene rings is 2. The zero-order valence-electron chi connectivity index (χ0n) is 14.5. The van der Waals surface area contributed by atoms with Crippen molar-refractivity contribution in [2.75, 3.05) is 26.8 Å². The van der Waals surface area contributed by atoms with E-state index in [2.05, 4.69) is 0 Å². The van der Waals surface area contributed by atoms with Crippen molar-refractivity contribution in [3.63, 3.8) is 0 Å². The molecule has 142 valence electrons. The fourth-order valence-corrected chi connectivity index (χ4v) is 4.02. The second-order valence-electron chi connectivity index (χ2n) is 6.93. The fourth-order valence-electron chi connectivity index (χ4n) is 4.02. The minimum atomic E-state index is -0.782. The van der Waals surface area contributed by atoms with Crippen molar-refractivity contribution in [2.45, 2.75) is 12.2 Å². The average Bonchev–Trinajstić information content (AvgIpc) is 3.44. The highest BCUT2D eigenvalue weighted by Crippen LogP contribution is 2.46. The van der Waals surface area contributed by atoms with Crippen LogP contribution < -0.4 is 18.9 Å². The molecule has 0 aromatic heterocycles. The molecule has 4 atom stereocenters. The van der Waals surface area contributed by atoms with Crippen molar-refractivity contribution in [2.24, 2.45) is 11.8 Å². The van der Waals surface area contributed by atoms with Crippen molar-refractivity contribution in [1.29, 1.82) is 0 Å². The van der Waals surface area contributed by atoms with E-state index in [9.17, 15) is 10.2 Å². The summed E-state index contributed by atoms with van der Waals surface area (Å²) in [6.07, 6.45) is -1.10. The first-order chi connectivity index (χ1) is 13.2. The van der Waals surface area contributed by atoms with Crippen LogP contribution in [0, 0.1) is 11.8 Å². The van der Waals surface area contributed by atoms with Crippen LogP contribution in [0.2, 0.25) is 0 Å². The van der Waals surface area contributed by atoms with E-state index in [1.165, 1.54) is 0 Å². The summed E-state index contributed by atoms with van der Waals surface area (Å²) in [5, 5.41) is 21.0. The van der Waals surface area contributed by atoms with Gasteiger partial charge in [0.25, 0.3) is 0 Å². The molecule has 0 aliphatic carbocycles. The predicted molar refractivity (Wildman–Crippen MR) is 92.8 cm³/mol. The van der Waals surface area contributed by atoms with E-state index in [-0.39, 0.29) is 38.1 Å². The standard InChI is InChI=1S/C20H20O7/c21-7-13-14(19(22)11-1-3-15-17(5-11)26-9-24-15)8-23-20(13)12-2-4-16-18(6-12)27-10-25-16/h1-6,13-14,19-22H,7-10H2/t13-,14-,19+,20-/m0/s1. The summed E-state index contributed by atoms with van der Waals surface area (Å²) in [4.78, 5) is 0. The molecule has 0 amide bonds. The molecular formula is C20H20O7. The van der Waals surface area contributed by atoms with Crippen molar-refractivity contribution in [3.8, 4) is 23.0 Å². The number of hydrogen-bond donors (Lipinski definition) is 2. The van der Waals surface area contributed by atoms with Crippen LogP contribution in [0.3, 0.4) is 0 Å². The van der Waals surface area contributed by atoms with Crippen LogP contribution in [-0.2, 0) is 4.74 Å². The number of fused-ring (bicyclic) bond motifs is 2. The van der Waals surface area contributed by atoms with Gasteiger partial charge in [-0.15, -0.1) is 0 Å². The third kappa shape index (κ3) is 2.79. The highest BCUT2D eigenvalue weighted by Gasteiger charge is 2.42. The lowest BCUT2D eigenvalue weighted by molar-refractivity contribution is 0.0633. The monoisotopic (exact) mass is 372 g/mol. The molecule has 2 aromatic rings. The first-order valence-corrected chi connectivity index (χ1v) is 8.94. The van der Waals surface area contributed by atoms with E-state index in [1.807, 2.05) is 24.3 Å². The van der Waals surface area contributed by atoms with Gasteiger partial charge in [0, 0.05) is 18.4 Å². The SMILES string of the molecule is OC[C@H]1[C@@H]([C@H](O)c2ccc3c(c2)OCO3)CO[C@H]1c1ccc2c(c1)OCO2. The van der Waals surface area contributed by atoms with Gasteiger partial charge in [0.15, 0.2) is 23.0 Å². The second kappa shape index (κ2) is 6.60. The number of aliphatic hydroxyl groups is 2. The topological polar surface area (TPSA) is 86.6 Å². The second-order valence-corrected chi connectivity index (χ2v) is 6.93. The van der Waals surface area contributed by atoms with Gasteiger partial charge in [-0.1, -0.05) is 12.1 Å². The van der Waals surface area contributed by atoms with Gasteiger partial charge in [-0.05, 0) is 35.4 Å². The van der Waals surface area contributed by atoms with Crippen molar-refractivity contribution >= 4 is 0 Å². The molecule has 0 unspecified atom stereocenters. The van der Waals surface area contributed by atoms with E-state index in [1.54, 1.807) is 12.1 Å². The highest BCUT2D eigenvalue weighted by atomic mass is 16.7. The number of aliphatic hydroxyl groups excluding tert-OH is 2. The molecule has 0 saturated carbocycles. The quantitative estimate of drug-likeness (QED) is 0.851. The molecule has 0 radical (unpaired) electrons. The third-order valence-corrected chi connectivity index (χ3v) is 5.49. The summed E-state index contributed by atoms with van der Waals surface area (Å²) in [5.41, 5.74) is 1.62. The zero-order chi connectivity index (χ0) is 18.4. The molecule has 1 saturated heterocycles. The first-order valence-electron chi connectivity index (χ1n) is 8.94. The van der Waals surface area contributed by atoms with Gasteiger partial charge in [0.05, 0.1) is 18.8 Å². The van der Waals surface area contributed by atoms with Crippen molar-refractivity contribution in [3.05, 3.63) is 47.5 Å². The molecule has 0 spiro atoms. The molecule has 1 fully saturated rings. The van der Waals surface area contributed by atoms with Crippen molar-refractivity contribution < 1.29 is 33.9 Å².